The van der Waals surface area contributed by atoms with E-state index in [0.717, 1.165) is 0 Å². The molecular formula is C11H12ClFN2. The third-order valence-corrected chi connectivity index (χ3v) is 2.19. The summed E-state index contributed by atoms with van der Waals surface area (Å²) in [4.78, 5) is 0. The van der Waals surface area contributed by atoms with Crippen LogP contribution >= 0.6 is 11.6 Å². The number of benzene rings is 1. The van der Waals surface area contributed by atoms with E-state index < -0.39 is 0 Å². The number of hydrogen-bond donors (Lipinski definition) is 2. The first-order chi connectivity index (χ1) is 7.17. The average Bonchev–Trinajstić information content (AvgIpc) is 2.17. The number of nitrogens with one attached hydrogen (secondary N) is 1. The second-order valence-electron chi connectivity index (χ2n) is 3.08. The van der Waals surface area contributed by atoms with Crippen molar-refractivity contribution in [3.8, 4) is 12.3 Å². The highest BCUT2D eigenvalue weighted by molar-refractivity contribution is 6.30. The summed E-state index contributed by atoms with van der Waals surface area (Å²) in [6.07, 6.45) is 5.12. The lowest BCUT2D eigenvalue weighted by atomic mass is 10.1. The fraction of sp³-hybridized carbons (Fsp3) is 0.273. The summed E-state index contributed by atoms with van der Waals surface area (Å²) >= 11 is 5.74. The van der Waals surface area contributed by atoms with Crippen molar-refractivity contribution < 1.29 is 4.39 Å². The van der Waals surface area contributed by atoms with Gasteiger partial charge in [0.25, 0.3) is 0 Å². The summed E-state index contributed by atoms with van der Waals surface area (Å²) in [5, 5.41) is 3.36. The van der Waals surface area contributed by atoms with Crippen LogP contribution in [-0.2, 0) is 0 Å². The second kappa shape index (κ2) is 5.72. The molecular weight excluding hydrogens is 215 g/mol. The largest absolute Gasteiger partial charge is 0.329 e. The van der Waals surface area contributed by atoms with E-state index in [2.05, 4.69) is 11.2 Å². The molecule has 0 aliphatic carbocycles. The molecule has 2 nitrogen and oxygen atoms in total. The van der Waals surface area contributed by atoms with E-state index in [-0.39, 0.29) is 11.9 Å². The first-order valence-corrected chi connectivity index (χ1v) is 4.88. The van der Waals surface area contributed by atoms with Gasteiger partial charge in [-0.2, -0.15) is 0 Å². The fourth-order valence-electron chi connectivity index (χ4n) is 1.30. The molecule has 1 aromatic carbocycles. The highest BCUT2D eigenvalue weighted by Crippen LogP contribution is 2.19. The molecule has 0 spiro atoms. The summed E-state index contributed by atoms with van der Waals surface area (Å²) in [7, 11) is 0. The Hall–Kier alpha value is -1.08. The molecule has 0 radical (unpaired) electrons. The molecule has 80 valence electrons. The van der Waals surface area contributed by atoms with Gasteiger partial charge in [-0.15, -0.1) is 6.42 Å². The van der Waals surface area contributed by atoms with E-state index in [1.807, 2.05) is 0 Å². The Balaban J connectivity index is 2.87. The zero-order chi connectivity index (χ0) is 11.3. The lowest BCUT2D eigenvalue weighted by Crippen LogP contribution is -2.28. The van der Waals surface area contributed by atoms with Crippen LogP contribution in [0.15, 0.2) is 18.2 Å². The Morgan fingerprint density at radius 2 is 2.27 bits per heavy atom. The van der Waals surface area contributed by atoms with Crippen LogP contribution in [0.25, 0.3) is 0 Å². The maximum atomic E-state index is 13.1. The normalized spacial score (nSPS) is 12.1. The SMILES string of the molecule is C#CCNC(CN)c1cc(F)cc(Cl)c1. The van der Waals surface area contributed by atoms with Gasteiger partial charge in [-0.3, -0.25) is 5.32 Å². The first-order valence-electron chi connectivity index (χ1n) is 4.50. The van der Waals surface area contributed by atoms with Gasteiger partial charge >= 0.3 is 0 Å². The van der Waals surface area contributed by atoms with Crippen LogP contribution in [-0.4, -0.2) is 13.1 Å². The molecule has 1 atom stereocenters. The zero-order valence-corrected chi connectivity index (χ0v) is 8.89. The Labute approximate surface area is 93.6 Å². The Morgan fingerprint density at radius 1 is 1.53 bits per heavy atom. The van der Waals surface area contributed by atoms with E-state index in [0.29, 0.717) is 23.7 Å². The predicted octanol–water partition coefficient (Wildman–Crippen LogP) is 1.70. The number of hydrogen-bond acceptors (Lipinski definition) is 2. The Bertz CT molecular complexity index is 353. The minimum atomic E-state index is -0.376. The molecule has 0 fully saturated rings. The van der Waals surface area contributed by atoms with Crippen LogP contribution in [0.2, 0.25) is 5.02 Å². The van der Waals surface area contributed by atoms with Gasteiger partial charge in [-0.25, -0.2) is 4.39 Å². The molecule has 1 unspecified atom stereocenters. The van der Waals surface area contributed by atoms with E-state index in [9.17, 15) is 4.39 Å². The minimum Gasteiger partial charge on any atom is -0.329 e. The van der Waals surface area contributed by atoms with Crippen LogP contribution in [0.5, 0.6) is 0 Å². The number of terminal acetylenes is 1. The van der Waals surface area contributed by atoms with E-state index in [1.165, 1.54) is 12.1 Å². The quantitative estimate of drug-likeness (QED) is 0.767. The maximum Gasteiger partial charge on any atom is 0.125 e. The van der Waals surface area contributed by atoms with Crippen molar-refractivity contribution in [2.75, 3.05) is 13.1 Å². The van der Waals surface area contributed by atoms with Crippen molar-refractivity contribution in [2.45, 2.75) is 6.04 Å². The number of nitrogens with two attached hydrogens (primary N) is 1. The topological polar surface area (TPSA) is 38.0 Å². The summed E-state index contributed by atoms with van der Waals surface area (Å²) in [6, 6.07) is 4.15. The van der Waals surface area contributed by atoms with Crippen molar-refractivity contribution in [1.82, 2.24) is 5.32 Å². The lowest BCUT2D eigenvalue weighted by molar-refractivity contribution is 0.570. The number of rotatable bonds is 4. The molecule has 0 aromatic heterocycles. The first kappa shape index (κ1) is 12.0. The summed E-state index contributed by atoms with van der Waals surface area (Å²) in [5.41, 5.74) is 6.26. The summed E-state index contributed by atoms with van der Waals surface area (Å²) < 4.78 is 13.1. The highest BCUT2D eigenvalue weighted by Gasteiger charge is 2.10. The minimum absolute atomic E-state index is 0.172. The average molecular weight is 227 g/mol. The molecule has 0 bridgehead atoms. The van der Waals surface area contributed by atoms with E-state index >= 15 is 0 Å². The number of halogens is 2. The molecule has 3 N–H and O–H groups in total. The highest BCUT2D eigenvalue weighted by atomic mass is 35.5. The molecule has 0 aliphatic heterocycles. The lowest BCUT2D eigenvalue weighted by Gasteiger charge is -2.15. The molecule has 0 heterocycles. The van der Waals surface area contributed by atoms with Crippen LogP contribution in [0.1, 0.15) is 11.6 Å². The molecule has 1 aromatic rings. The molecule has 0 amide bonds. The molecule has 15 heavy (non-hydrogen) atoms. The standard InChI is InChI=1S/C11H12ClFN2/c1-2-3-15-11(7-14)8-4-9(12)6-10(13)5-8/h1,4-6,11,15H,3,7,14H2. The van der Waals surface area contributed by atoms with Crippen molar-refractivity contribution >= 4 is 11.6 Å². The van der Waals surface area contributed by atoms with Crippen molar-refractivity contribution in [3.05, 3.63) is 34.6 Å². The van der Waals surface area contributed by atoms with Crippen LogP contribution in [0, 0.1) is 18.2 Å². The maximum absolute atomic E-state index is 13.1. The van der Waals surface area contributed by atoms with E-state index in [4.69, 9.17) is 23.8 Å². The van der Waals surface area contributed by atoms with Gasteiger partial charge in [0.1, 0.15) is 5.82 Å². The zero-order valence-electron chi connectivity index (χ0n) is 8.13. The van der Waals surface area contributed by atoms with E-state index in [1.54, 1.807) is 6.07 Å². The van der Waals surface area contributed by atoms with Gasteiger partial charge in [0.15, 0.2) is 0 Å². The van der Waals surface area contributed by atoms with Gasteiger partial charge in [-0.1, -0.05) is 17.5 Å². The van der Waals surface area contributed by atoms with Crippen molar-refractivity contribution in [1.29, 1.82) is 0 Å². The van der Waals surface area contributed by atoms with Crippen LogP contribution in [0.4, 0.5) is 4.39 Å². The van der Waals surface area contributed by atoms with Crippen molar-refractivity contribution in [2.24, 2.45) is 5.73 Å². The predicted molar refractivity (Wildman–Crippen MR) is 60.0 cm³/mol. The van der Waals surface area contributed by atoms with Gasteiger partial charge < -0.3 is 5.73 Å². The monoisotopic (exact) mass is 226 g/mol. The smallest absolute Gasteiger partial charge is 0.125 e. The van der Waals surface area contributed by atoms with Gasteiger partial charge in [-0.05, 0) is 23.8 Å². The third kappa shape index (κ3) is 3.52. The van der Waals surface area contributed by atoms with Gasteiger partial charge in [0, 0.05) is 17.6 Å². The Kier molecular flexibility index (Phi) is 4.57. The third-order valence-electron chi connectivity index (χ3n) is 1.97. The molecule has 4 heteroatoms. The van der Waals surface area contributed by atoms with Crippen molar-refractivity contribution in [3.63, 3.8) is 0 Å². The van der Waals surface area contributed by atoms with Gasteiger partial charge in [0.05, 0.1) is 6.54 Å². The molecule has 0 saturated heterocycles. The summed E-state index contributed by atoms with van der Waals surface area (Å²) in [6.45, 7) is 0.720. The molecule has 1 rings (SSSR count). The summed E-state index contributed by atoms with van der Waals surface area (Å²) in [5.74, 6) is 2.06. The Morgan fingerprint density at radius 3 is 2.80 bits per heavy atom. The van der Waals surface area contributed by atoms with Crippen LogP contribution in [0.3, 0.4) is 0 Å². The van der Waals surface area contributed by atoms with Crippen LogP contribution < -0.4 is 11.1 Å². The molecule has 0 aliphatic rings. The second-order valence-corrected chi connectivity index (χ2v) is 3.51. The molecule has 0 saturated carbocycles. The fourth-order valence-corrected chi connectivity index (χ4v) is 1.53. The van der Waals surface area contributed by atoms with Gasteiger partial charge in [0.2, 0.25) is 0 Å².